The molecule has 1 aromatic heterocycles. The molecule has 1 aromatic rings. The Morgan fingerprint density at radius 2 is 1.50 bits per heavy atom. The Bertz CT molecular complexity index is 78.2. The van der Waals surface area contributed by atoms with Crippen LogP contribution in [0, 0.1) is 0 Å². The largest absolute Gasteiger partial charge is 0.412 e. The predicted octanol–water partition coefficient (Wildman–Crippen LogP) is -0.487. The molecule has 7 heteroatoms. The van der Waals surface area contributed by atoms with Gasteiger partial charge in [0.2, 0.25) is 0 Å². The van der Waals surface area contributed by atoms with Crippen LogP contribution < -0.4 is 0 Å². The van der Waals surface area contributed by atoms with E-state index in [2.05, 4.69) is 4.98 Å². The fourth-order valence-electron chi connectivity index (χ4n) is 0.176. The minimum Gasteiger partial charge on any atom is -0.412 e. The Morgan fingerprint density at radius 3 is 1.60 bits per heavy atom. The van der Waals surface area contributed by atoms with Gasteiger partial charge in [0, 0.05) is 11.6 Å². The fraction of sp³-hybridized carbons (Fsp3) is 0. The molecule has 0 aliphatic rings. The zero-order valence-electron chi connectivity index (χ0n) is 4.90. The number of rotatable bonds is 0. The zero-order valence-corrected chi connectivity index (χ0v) is 7.35. The van der Waals surface area contributed by atoms with Gasteiger partial charge in [0.1, 0.15) is 0 Å². The average molecular weight is 212 g/mol. The van der Waals surface area contributed by atoms with E-state index >= 15 is 0 Å². The molecule has 66 valence electrons. The quantitative estimate of drug-likeness (QED) is 0.568. The molecule has 0 amide bonds. The third kappa shape index (κ3) is 15.7. The van der Waals surface area contributed by atoms with Crippen LogP contribution in [0.4, 0.5) is 0 Å². The summed E-state index contributed by atoms with van der Waals surface area (Å²) in [6.07, 6.45) is 1.77. The van der Waals surface area contributed by atoms with Crippen LogP contribution in [0.2, 0.25) is 0 Å². The summed E-state index contributed by atoms with van der Waals surface area (Å²) in [7, 11) is 0. The Hall–Kier alpha value is 0.0900. The van der Waals surface area contributed by atoms with E-state index in [-0.39, 0.29) is 41.2 Å². The van der Waals surface area contributed by atoms with E-state index in [0.29, 0.717) is 0 Å². The molecule has 0 saturated carbocycles. The number of hydrogen-bond donors (Lipinski definition) is 0. The summed E-state index contributed by atoms with van der Waals surface area (Å²) in [5, 5.41) is 1.93. The first kappa shape index (κ1) is 32.2. The molecular weight excluding hydrogens is 201 g/mol. The van der Waals surface area contributed by atoms with Crippen LogP contribution in [0.25, 0.3) is 0 Å². The lowest BCUT2D eigenvalue weighted by molar-refractivity contribution is 0.823. The first-order chi connectivity index (χ1) is 2.50. The van der Waals surface area contributed by atoms with Gasteiger partial charge in [-0.25, -0.2) is 0 Å². The van der Waals surface area contributed by atoms with Crippen molar-refractivity contribution >= 4 is 36.2 Å². The summed E-state index contributed by atoms with van der Waals surface area (Å²) in [4.78, 5) is 3.74. The van der Waals surface area contributed by atoms with Gasteiger partial charge in [-0.05, 0) is 0 Å². The van der Waals surface area contributed by atoms with Gasteiger partial charge < -0.3 is 16.4 Å². The summed E-state index contributed by atoms with van der Waals surface area (Å²) in [5.41, 5.74) is 1.79. The van der Waals surface area contributed by atoms with E-state index in [1.54, 1.807) is 23.0 Å². The van der Waals surface area contributed by atoms with Crippen LogP contribution in [0.5, 0.6) is 0 Å². The average Bonchev–Trinajstić information content (AvgIpc) is 1.76. The predicted molar refractivity (Wildman–Crippen MR) is 47.5 cm³/mol. The second-order valence-electron chi connectivity index (χ2n) is 0.676. The number of halogens is 2. The lowest BCUT2D eigenvalue weighted by atomic mass is 11.0. The SMILES string of the molecule is Cl.Cl.O.O.O.c1cscn1. The third-order valence-corrected chi connectivity index (χ3v) is 0.869. The van der Waals surface area contributed by atoms with Gasteiger partial charge in [0.15, 0.2) is 0 Å². The summed E-state index contributed by atoms with van der Waals surface area (Å²) in [5.74, 6) is 0. The monoisotopic (exact) mass is 211 g/mol. The second-order valence-corrected chi connectivity index (χ2v) is 1.43. The molecule has 6 N–H and O–H groups in total. The molecule has 1 heterocycles. The summed E-state index contributed by atoms with van der Waals surface area (Å²) in [6, 6.07) is 0. The smallest absolute Gasteiger partial charge is 0.0791 e. The lowest BCUT2D eigenvalue weighted by Crippen LogP contribution is -1.38. The van der Waals surface area contributed by atoms with Crippen molar-refractivity contribution in [3.05, 3.63) is 17.1 Å². The zero-order chi connectivity index (χ0) is 3.54. The van der Waals surface area contributed by atoms with Crippen LogP contribution in [-0.4, -0.2) is 21.4 Å². The van der Waals surface area contributed by atoms with Crippen molar-refractivity contribution in [3.63, 3.8) is 0 Å². The molecular formula is C3H11Cl2NO3S. The maximum absolute atomic E-state index is 3.74. The second kappa shape index (κ2) is 23.0. The number of thiazole rings is 1. The normalized spacial score (nSPS) is 4.00. The summed E-state index contributed by atoms with van der Waals surface area (Å²) in [6.45, 7) is 0. The van der Waals surface area contributed by atoms with Crippen molar-refractivity contribution in [2.24, 2.45) is 0 Å². The van der Waals surface area contributed by atoms with Crippen LogP contribution in [0.1, 0.15) is 0 Å². The van der Waals surface area contributed by atoms with Gasteiger partial charge in [0.25, 0.3) is 0 Å². The summed E-state index contributed by atoms with van der Waals surface area (Å²) < 4.78 is 0. The highest BCUT2D eigenvalue weighted by atomic mass is 35.5. The van der Waals surface area contributed by atoms with Crippen LogP contribution in [-0.2, 0) is 0 Å². The Morgan fingerprint density at radius 1 is 1.00 bits per heavy atom. The van der Waals surface area contributed by atoms with E-state index < -0.39 is 0 Å². The van der Waals surface area contributed by atoms with E-state index in [4.69, 9.17) is 0 Å². The van der Waals surface area contributed by atoms with E-state index in [1.807, 2.05) is 5.38 Å². The van der Waals surface area contributed by atoms with Crippen molar-refractivity contribution in [3.8, 4) is 0 Å². The molecule has 10 heavy (non-hydrogen) atoms. The van der Waals surface area contributed by atoms with Crippen molar-refractivity contribution in [2.45, 2.75) is 0 Å². The third-order valence-electron chi connectivity index (χ3n) is 0.347. The molecule has 0 aliphatic carbocycles. The number of nitrogens with zero attached hydrogens (tertiary/aromatic N) is 1. The minimum absolute atomic E-state index is 0. The molecule has 4 nitrogen and oxygen atoms in total. The Labute approximate surface area is 75.0 Å². The van der Waals surface area contributed by atoms with E-state index in [9.17, 15) is 0 Å². The molecule has 0 bridgehead atoms. The van der Waals surface area contributed by atoms with Gasteiger partial charge in [-0.1, -0.05) is 0 Å². The van der Waals surface area contributed by atoms with Crippen LogP contribution in [0.15, 0.2) is 17.1 Å². The Balaban J connectivity index is -0.0000000167. The van der Waals surface area contributed by atoms with E-state index in [1.165, 1.54) is 0 Å². The number of hydrogen-bond acceptors (Lipinski definition) is 2. The van der Waals surface area contributed by atoms with Crippen molar-refractivity contribution in [2.75, 3.05) is 0 Å². The minimum atomic E-state index is 0. The molecule has 0 unspecified atom stereocenters. The maximum Gasteiger partial charge on any atom is 0.0791 e. The lowest BCUT2D eigenvalue weighted by Gasteiger charge is -1.41. The fourth-order valence-corrected chi connectivity index (χ4v) is 0.527. The molecule has 0 radical (unpaired) electrons. The first-order valence-corrected chi connectivity index (χ1v) is 2.26. The molecule has 1 rings (SSSR count). The van der Waals surface area contributed by atoms with Gasteiger partial charge >= 0.3 is 0 Å². The van der Waals surface area contributed by atoms with E-state index in [0.717, 1.165) is 0 Å². The highest BCUT2D eigenvalue weighted by Gasteiger charge is 1.59. The molecule has 0 fully saturated rings. The van der Waals surface area contributed by atoms with Gasteiger partial charge in [-0.3, -0.25) is 4.98 Å². The van der Waals surface area contributed by atoms with Gasteiger partial charge in [0.05, 0.1) is 5.51 Å². The van der Waals surface area contributed by atoms with Crippen LogP contribution in [0.3, 0.4) is 0 Å². The summed E-state index contributed by atoms with van der Waals surface area (Å²) >= 11 is 1.60. The maximum atomic E-state index is 3.74. The van der Waals surface area contributed by atoms with Gasteiger partial charge in [-0.15, -0.1) is 36.2 Å². The first-order valence-electron chi connectivity index (χ1n) is 1.32. The topological polar surface area (TPSA) is 107 Å². The molecule has 0 atom stereocenters. The van der Waals surface area contributed by atoms with Gasteiger partial charge in [-0.2, -0.15) is 0 Å². The molecule has 0 aliphatic heterocycles. The highest BCUT2D eigenvalue weighted by Crippen LogP contribution is 1.85. The highest BCUT2D eigenvalue weighted by molar-refractivity contribution is 7.07. The van der Waals surface area contributed by atoms with Crippen molar-refractivity contribution in [1.82, 2.24) is 4.98 Å². The van der Waals surface area contributed by atoms with Crippen molar-refractivity contribution in [1.29, 1.82) is 0 Å². The van der Waals surface area contributed by atoms with Crippen molar-refractivity contribution < 1.29 is 16.4 Å². The molecule has 0 aromatic carbocycles. The molecule has 0 spiro atoms. The van der Waals surface area contributed by atoms with Crippen LogP contribution >= 0.6 is 36.2 Å². The standard InChI is InChI=1S/C3H3NS.2ClH.3H2O/c1-2-5-3-4-1;;;;;/h1-3H;2*1H;3*1H2. The molecule has 0 saturated heterocycles. The number of aromatic nitrogens is 1. The Kier molecular flexibility index (Phi) is 73.9.